The molecule has 0 unspecified atom stereocenters. The van der Waals surface area contributed by atoms with Crippen LogP contribution in [0.2, 0.25) is 0 Å². The van der Waals surface area contributed by atoms with E-state index in [-0.39, 0.29) is 5.63 Å². The molecule has 156 valence electrons. The highest BCUT2D eigenvalue weighted by Crippen LogP contribution is 2.35. The van der Waals surface area contributed by atoms with Crippen molar-refractivity contribution in [2.24, 2.45) is 0 Å². The van der Waals surface area contributed by atoms with Gasteiger partial charge in [0.1, 0.15) is 17.4 Å². The summed E-state index contributed by atoms with van der Waals surface area (Å²) in [6, 6.07) is 2.67. The second kappa shape index (κ2) is 8.68. The molecule has 0 aliphatic heterocycles. The fourth-order valence-electron chi connectivity index (χ4n) is 3.80. The van der Waals surface area contributed by atoms with Gasteiger partial charge in [-0.15, -0.1) is 0 Å². The van der Waals surface area contributed by atoms with Gasteiger partial charge in [-0.25, -0.2) is 9.59 Å². The van der Waals surface area contributed by atoms with Crippen molar-refractivity contribution in [2.45, 2.75) is 71.4 Å². The average molecular weight is 401 g/mol. The first kappa shape index (κ1) is 20.9. The maximum absolute atomic E-state index is 12.6. The number of ether oxygens (including phenoxy) is 1. The molecule has 0 fully saturated rings. The summed E-state index contributed by atoms with van der Waals surface area (Å²) in [5, 5.41) is 12.6. The summed E-state index contributed by atoms with van der Waals surface area (Å²) >= 11 is 0. The fourth-order valence-corrected chi connectivity index (χ4v) is 3.80. The van der Waals surface area contributed by atoms with E-state index in [1.165, 1.54) is 0 Å². The van der Waals surface area contributed by atoms with Gasteiger partial charge in [0, 0.05) is 5.56 Å². The Morgan fingerprint density at radius 3 is 2.69 bits per heavy atom. The summed E-state index contributed by atoms with van der Waals surface area (Å²) < 4.78 is 11.4. The van der Waals surface area contributed by atoms with E-state index >= 15 is 0 Å². The monoisotopic (exact) mass is 401 g/mol. The summed E-state index contributed by atoms with van der Waals surface area (Å²) in [4.78, 5) is 36.2. The molecule has 1 heterocycles. The van der Waals surface area contributed by atoms with Gasteiger partial charge in [-0.05, 0) is 62.8 Å². The molecule has 0 spiro atoms. The van der Waals surface area contributed by atoms with Crippen LogP contribution in [0.3, 0.4) is 0 Å². The lowest BCUT2D eigenvalue weighted by molar-refractivity contribution is -0.143. The van der Waals surface area contributed by atoms with E-state index in [0.717, 1.165) is 35.8 Å². The van der Waals surface area contributed by atoms with E-state index in [0.29, 0.717) is 36.2 Å². The Morgan fingerprint density at radius 2 is 2.00 bits per heavy atom. The van der Waals surface area contributed by atoms with Gasteiger partial charge >= 0.3 is 11.6 Å². The minimum Gasteiger partial charge on any atom is -0.480 e. The number of fused-ring (bicyclic) bond motifs is 3. The van der Waals surface area contributed by atoms with Crippen LogP contribution >= 0.6 is 0 Å². The number of hydrogen-bond acceptors (Lipinski definition) is 5. The van der Waals surface area contributed by atoms with Crippen molar-refractivity contribution in [3.05, 3.63) is 39.2 Å². The van der Waals surface area contributed by atoms with Crippen LogP contribution in [0.1, 0.15) is 56.2 Å². The SMILES string of the molecule is CCCC[C@@H](NC(=O)[C@H](C)Oc1cc(C)cc2oc(=O)c3c(c12)CCC3)C(=O)O. The van der Waals surface area contributed by atoms with Gasteiger partial charge in [0.15, 0.2) is 6.10 Å². The molecule has 0 bridgehead atoms. The van der Waals surface area contributed by atoms with Crippen molar-refractivity contribution in [3.8, 4) is 5.75 Å². The van der Waals surface area contributed by atoms with Gasteiger partial charge in [0.25, 0.3) is 5.91 Å². The predicted octanol–water partition coefficient (Wildman–Crippen LogP) is 3.12. The highest BCUT2D eigenvalue weighted by molar-refractivity contribution is 5.90. The number of amides is 1. The first-order chi connectivity index (χ1) is 13.8. The molecule has 29 heavy (non-hydrogen) atoms. The third-order valence-corrected chi connectivity index (χ3v) is 5.31. The molecule has 1 aromatic heterocycles. The van der Waals surface area contributed by atoms with Crippen LogP contribution in [-0.2, 0) is 22.4 Å². The molecule has 3 rings (SSSR count). The summed E-state index contributed by atoms with van der Waals surface area (Å²) in [6.07, 6.45) is 3.34. The van der Waals surface area contributed by atoms with Crippen molar-refractivity contribution >= 4 is 22.8 Å². The van der Waals surface area contributed by atoms with Gasteiger partial charge in [-0.1, -0.05) is 19.8 Å². The quantitative estimate of drug-likeness (QED) is 0.659. The number of aryl methyl sites for hydroxylation is 2. The second-order valence-corrected chi connectivity index (χ2v) is 7.64. The number of aliphatic carboxylic acids is 1. The number of unbranched alkanes of at least 4 members (excludes halogenated alkanes) is 1. The Balaban J connectivity index is 1.87. The van der Waals surface area contributed by atoms with Gasteiger partial charge < -0.3 is 19.6 Å². The van der Waals surface area contributed by atoms with Crippen LogP contribution in [-0.4, -0.2) is 29.1 Å². The summed E-state index contributed by atoms with van der Waals surface area (Å²) in [7, 11) is 0. The molecule has 0 radical (unpaired) electrons. The van der Waals surface area contributed by atoms with E-state index in [4.69, 9.17) is 9.15 Å². The lowest BCUT2D eigenvalue weighted by Gasteiger charge is -2.20. The number of carboxylic acids is 1. The molecule has 2 N–H and O–H groups in total. The van der Waals surface area contributed by atoms with Crippen LogP contribution in [0.25, 0.3) is 11.0 Å². The number of carbonyl (C=O) groups excluding carboxylic acids is 1. The zero-order valence-electron chi connectivity index (χ0n) is 17.0. The van der Waals surface area contributed by atoms with E-state index in [9.17, 15) is 19.5 Å². The lowest BCUT2D eigenvalue weighted by Crippen LogP contribution is -2.46. The molecule has 7 heteroatoms. The van der Waals surface area contributed by atoms with Crippen LogP contribution in [0.15, 0.2) is 21.3 Å². The number of carbonyl (C=O) groups is 2. The van der Waals surface area contributed by atoms with Crippen LogP contribution in [0, 0.1) is 6.92 Å². The number of nitrogens with one attached hydrogen (secondary N) is 1. The first-order valence-electron chi connectivity index (χ1n) is 10.1. The standard InChI is InChI=1S/C22H27NO6/c1-4-5-9-16(21(25)26)23-20(24)13(3)28-17-10-12(2)11-18-19(17)14-7-6-8-15(14)22(27)29-18/h10-11,13,16H,4-9H2,1-3H3,(H,23,24)(H,25,26)/t13-,16+/m0/s1. The maximum Gasteiger partial charge on any atom is 0.339 e. The highest BCUT2D eigenvalue weighted by Gasteiger charge is 2.26. The molecule has 0 saturated heterocycles. The molecule has 2 aromatic rings. The van der Waals surface area contributed by atoms with E-state index in [1.54, 1.807) is 13.0 Å². The minimum atomic E-state index is -1.06. The van der Waals surface area contributed by atoms with Crippen LogP contribution in [0.4, 0.5) is 0 Å². The average Bonchev–Trinajstić information content (AvgIpc) is 3.14. The molecule has 1 aliphatic carbocycles. The second-order valence-electron chi connectivity index (χ2n) is 7.64. The lowest BCUT2D eigenvalue weighted by atomic mass is 10.0. The molecule has 2 atom stereocenters. The van der Waals surface area contributed by atoms with E-state index in [2.05, 4.69) is 5.32 Å². The van der Waals surface area contributed by atoms with Crippen LogP contribution in [0.5, 0.6) is 5.75 Å². The maximum atomic E-state index is 12.6. The zero-order valence-corrected chi connectivity index (χ0v) is 17.0. The van der Waals surface area contributed by atoms with E-state index in [1.807, 2.05) is 19.9 Å². The molecule has 1 aromatic carbocycles. The normalized spacial score (nSPS) is 15.0. The summed E-state index contributed by atoms with van der Waals surface area (Å²) in [5.41, 5.74) is 2.57. The molecule has 1 amide bonds. The Bertz CT molecular complexity index is 993. The van der Waals surface area contributed by atoms with Gasteiger partial charge in [-0.2, -0.15) is 0 Å². The van der Waals surface area contributed by atoms with Crippen molar-refractivity contribution in [2.75, 3.05) is 0 Å². The van der Waals surface area contributed by atoms with Crippen molar-refractivity contribution in [1.82, 2.24) is 5.32 Å². The Hall–Kier alpha value is -2.83. The Labute approximate surface area is 169 Å². The third-order valence-electron chi connectivity index (χ3n) is 5.31. The molecular weight excluding hydrogens is 374 g/mol. The summed E-state index contributed by atoms with van der Waals surface area (Å²) in [6.45, 7) is 5.41. The number of rotatable bonds is 8. The van der Waals surface area contributed by atoms with Crippen molar-refractivity contribution < 1.29 is 23.8 Å². The number of hydrogen-bond donors (Lipinski definition) is 2. The van der Waals surface area contributed by atoms with E-state index < -0.39 is 24.0 Å². The van der Waals surface area contributed by atoms with Crippen molar-refractivity contribution in [3.63, 3.8) is 0 Å². The molecular formula is C22H27NO6. The minimum absolute atomic E-state index is 0.312. The van der Waals surface area contributed by atoms with Gasteiger partial charge in [-0.3, -0.25) is 4.79 Å². The number of benzene rings is 1. The zero-order chi connectivity index (χ0) is 21.1. The van der Waals surface area contributed by atoms with Gasteiger partial charge in [0.2, 0.25) is 0 Å². The fraction of sp³-hybridized carbons (Fsp3) is 0.500. The molecule has 7 nitrogen and oxygen atoms in total. The third kappa shape index (κ3) is 4.44. The van der Waals surface area contributed by atoms with Crippen LogP contribution < -0.4 is 15.7 Å². The molecule has 1 aliphatic rings. The topological polar surface area (TPSA) is 106 Å². The Kier molecular flexibility index (Phi) is 6.25. The van der Waals surface area contributed by atoms with Crippen molar-refractivity contribution in [1.29, 1.82) is 0 Å². The first-order valence-corrected chi connectivity index (χ1v) is 10.1. The Morgan fingerprint density at radius 1 is 1.28 bits per heavy atom. The van der Waals surface area contributed by atoms with Gasteiger partial charge in [0.05, 0.1) is 5.39 Å². The molecule has 0 saturated carbocycles. The largest absolute Gasteiger partial charge is 0.480 e. The highest BCUT2D eigenvalue weighted by atomic mass is 16.5. The summed E-state index contributed by atoms with van der Waals surface area (Å²) in [5.74, 6) is -1.07. The smallest absolute Gasteiger partial charge is 0.339 e. The number of carboxylic acid groups (broad SMARTS) is 1. The predicted molar refractivity (Wildman–Crippen MR) is 108 cm³/mol.